The van der Waals surface area contributed by atoms with Gasteiger partial charge < -0.3 is 4.90 Å². The van der Waals surface area contributed by atoms with E-state index in [2.05, 4.69) is 20.8 Å². The van der Waals surface area contributed by atoms with Gasteiger partial charge in [0.25, 0.3) is 0 Å². The van der Waals surface area contributed by atoms with Crippen molar-refractivity contribution < 1.29 is 12.8 Å². The highest BCUT2D eigenvalue weighted by atomic mass is 79.9. The SMILES string of the molecule is O=S(=O)(c1ccc(Br)c2ccccc12)N1CCN(c2ccc(F)cc2)CC1. The fourth-order valence-corrected chi connectivity index (χ4v) is 5.53. The Balaban J connectivity index is 1.59. The van der Waals surface area contributed by atoms with Crippen LogP contribution in [0.25, 0.3) is 10.8 Å². The van der Waals surface area contributed by atoms with Gasteiger partial charge in [0.15, 0.2) is 0 Å². The first-order valence-electron chi connectivity index (χ1n) is 8.65. The molecular formula is C20H18BrFN2O2S. The standard InChI is InChI=1S/C20H18BrFN2O2S/c21-19-9-10-20(18-4-2-1-3-17(18)19)27(25,26)24-13-11-23(12-14-24)16-7-5-15(22)6-8-16/h1-10H,11-14H2. The number of hydrogen-bond donors (Lipinski definition) is 0. The van der Waals surface area contributed by atoms with E-state index in [9.17, 15) is 12.8 Å². The summed E-state index contributed by atoms with van der Waals surface area (Å²) in [7, 11) is -3.59. The highest BCUT2D eigenvalue weighted by Crippen LogP contribution is 2.31. The summed E-state index contributed by atoms with van der Waals surface area (Å²) >= 11 is 3.49. The zero-order valence-electron chi connectivity index (χ0n) is 14.5. The number of nitrogens with zero attached hydrogens (tertiary/aromatic N) is 2. The lowest BCUT2D eigenvalue weighted by Crippen LogP contribution is -2.48. The number of sulfonamides is 1. The lowest BCUT2D eigenvalue weighted by Gasteiger charge is -2.35. The summed E-state index contributed by atoms with van der Waals surface area (Å²) in [5.41, 5.74) is 0.905. The van der Waals surface area contributed by atoms with Crippen LogP contribution in [0.15, 0.2) is 70.0 Å². The third kappa shape index (κ3) is 3.47. The number of halogens is 2. The molecule has 0 N–H and O–H groups in total. The van der Waals surface area contributed by atoms with Gasteiger partial charge in [0.05, 0.1) is 4.90 Å². The van der Waals surface area contributed by atoms with E-state index in [-0.39, 0.29) is 5.82 Å². The molecule has 3 aromatic carbocycles. The lowest BCUT2D eigenvalue weighted by atomic mass is 10.1. The van der Waals surface area contributed by atoms with Crippen LogP contribution in [0.5, 0.6) is 0 Å². The van der Waals surface area contributed by atoms with E-state index in [0.29, 0.717) is 36.5 Å². The van der Waals surface area contributed by atoms with Crippen molar-refractivity contribution in [2.75, 3.05) is 31.1 Å². The van der Waals surface area contributed by atoms with Crippen molar-refractivity contribution in [2.45, 2.75) is 4.90 Å². The summed E-state index contributed by atoms with van der Waals surface area (Å²) in [5, 5.41) is 1.59. The third-order valence-corrected chi connectivity index (χ3v) is 7.53. The number of fused-ring (bicyclic) bond motifs is 1. The molecule has 1 aliphatic heterocycles. The van der Waals surface area contributed by atoms with Crippen molar-refractivity contribution in [3.8, 4) is 0 Å². The number of hydrogen-bond acceptors (Lipinski definition) is 3. The van der Waals surface area contributed by atoms with Crippen molar-refractivity contribution in [1.29, 1.82) is 0 Å². The highest BCUT2D eigenvalue weighted by Gasteiger charge is 2.30. The minimum Gasteiger partial charge on any atom is -0.369 e. The maximum absolute atomic E-state index is 13.2. The molecule has 1 heterocycles. The van der Waals surface area contributed by atoms with Crippen LogP contribution in [0.2, 0.25) is 0 Å². The molecule has 1 saturated heterocycles. The molecule has 0 amide bonds. The number of piperazine rings is 1. The summed E-state index contributed by atoms with van der Waals surface area (Å²) in [4.78, 5) is 2.40. The van der Waals surface area contributed by atoms with E-state index in [1.54, 1.807) is 24.3 Å². The van der Waals surface area contributed by atoms with Crippen LogP contribution in [0, 0.1) is 5.82 Å². The Hall–Kier alpha value is -1.96. The molecule has 4 nitrogen and oxygen atoms in total. The van der Waals surface area contributed by atoms with E-state index in [1.165, 1.54) is 16.4 Å². The Morgan fingerprint density at radius 1 is 0.815 bits per heavy atom. The molecule has 1 aliphatic rings. The second-order valence-corrected chi connectivity index (χ2v) is 9.22. The quantitative estimate of drug-likeness (QED) is 0.601. The van der Waals surface area contributed by atoms with Crippen LogP contribution in [-0.4, -0.2) is 38.9 Å². The molecule has 0 atom stereocenters. The third-order valence-electron chi connectivity index (χ3n) is 4.88. The Morgan fingerprint density at radius 2 is 1.44 bits per heavy atom. The van der Waals surface area contributed by atoms with Gasteiger partial charge in [-0.25, -0.2) is 12.8 Å². The van der Waals surface area contributed by atoms with Crippen LogP contribution >= 0.6 is 15.9 Å². The first kappa shape index (κ1) is 18.4. The van der Waals surface area contributed by atoms with Crippen molar-refractivity contribution in [3.05, 3.63) is 71.0 Å². The van der Waals surface area contributed by atoms with Crippen LogP contribution in [0.3, 0.4) is 0 Å². The smallest absolute Gasteiger partial charge is 0.243 e. The molecule has 0 bridgehead atoms. The summed E-state index contributed by atoms with van der Waals surface area (Å²) in [6.07, 6.45) is 0. The number of benzene rings is 3. The zero-order chi connectivity index (χ0) is 19.0. The van der Waals surface area contributed by atoms with Crippen LogP contribution in [0.4, 0.5) is 10.1 Å². The fourth-order valence-electron chi connectivity index (χ4n) is 3.44. The highest BCUT2D eigenvalue weighted by molar-refractivity contribution is 9.10. The molecule has 7 heteroatoms. The largest absolute Gasteiger partial charge is 0.369 e. The molecule has 4 rings (SSSR count). The zero-order valence-corrected chi connectivity index (χ0v) is 16.9. The molecule has 0 saturated carbocycles. The van der Waals surface area contributed by atoms with Gasteiger partial charge >= 0.3 is 0 Å². The van der Waals surface area contributed by atoms with E-state index < -0.39 is 10.0 Å². The predicted octanol–water partition coefficient (Wildman–Crippen LogP) is 4.25. The molecule has 0 unspecified atom stereocenters. The maximum atomic E-state index is 13.2. The molecule has 0 aliphatic carbocycles. The number of anilines is 1. The summed E-state index contributed by atoms with van der Waals surface area (Å²) in [5.74, 6) is -0.276. The predicted molar refractivity (Wildman–Crippen MR) is 109 cm³/mol. The number of rotatable bonds is 3. The second kappa shape index (κ2) is 7.22. The molecule has 0 aromatic heterocycles. The van der Waals surface area contributed by atoms with Gasteiger partial charge in [-0.15, -0.1) is 0 Å². The second-order valence-electron chi connectivity index (χ2n) is 6.46. The molecule has 1 fully saturated rings. The van der Waals surface area contributed by atoms with Gasteiger partial charge in [-0.3, -0.25) is 0 Å². The van der Waals surface area contributed by atoms with Gasteiger partial charge in [0.2, 0.25) is 10.0 Å². The van der Waals surface area contributed by atoms with E-state index in [1.807, 2.05) is 24.3 Å². The molecule has 3 aromatic rings. The van der Waals surface area contributed by atoms with Crippen LogP contribution in [0.1, 0.15) is 0 Å². The van der Waals surface area contributed by atoms with Crippen LogP contribution < -0.4 is 4.90 Å². The summed E-state index contributed by atoms with van der Waals surface area (Å²) in [6.45, 7) is 1.92. The van der Waals surface area contributed by atoms with Crippen molar-refractivity contribution in [2.24, 2.45) is 0 Å². The van der Waals surface area contributed by atoms with Crippen LogP contribution in [-0.2, 0) is 10.0 Å². The summed E-state index contributed by atoms with van der Waals surface area (Å²) < 4.78 is 42.0. The van der Waals surface area contributed by atoms with Crippen molar-refractivity contribution in [3.63, 3.8) is 0 Å². The van der Waals surface area contributed by atoms with Gasteiger partial charge in [-0.05, 0) is 41.8 Å². The molecule has 0 radical (unpaired) electrons. The fraction of sp³-hybridized carbons (Fsp3) is 0.200. The van der Waals surface area contributed by atoms with Gasteiger partial charge in [0, 0.05) is 41.7 Å². The van der Waals surface area contributed by atoms with Crippen molar-refractivity contribution in [1.82, 2.24) is 4.31 Å². The minimum atomic E-state index is -3.59. The molecule has 27 heavy (non-hydrogen) atoms. The van der Waals surface area contributed by atoms with E-state index in [4.69, 9.17) is 0 Å². The Morgan fingerprint density at radius 3 is 2.11 bits per heavy atom. The topological polar surface area (TPSA) is 40.6 Å². The monoisotopic (exact) mass is 448 g/mol. The van der Waals surface area contributed by atoms with E-state index in [0.717, 1.165) is 15.5 Å². The Kier molecular flexibility index (Phi) is 4.92. The van der Waals surface area contributed by atoms with Crippen molar-refractivity contribution >= 4 is 42.4 Å². The minimum absolute atomic E-state index is 0.276. The first-order chi connectivity index (χ1) is 13.0. The Bertz CT molecular complexity index is 1080. The molecule has 140 valence electrons. The average Bonchev–Trinajstić information content (AvgIpc) is 2.69. The van der Waals surface area contributed by atoms with Gasteiger partial charge in [-0.2, -0.15) is 4.31 Å². The molecule has 0 spiro atoms. The average molecular weight is 449 g/mol. The first-order valence-corrected chi connectivity index (χ1v) is 10.9. The van der Waals surface area contributed by atoms with Gasteiger partial charge in [0.1, 0.15) is 5.82 Å². The normalized spacial score (nSPS) is 16.0. The maximum Gasteiger partial charge on any atom is 0.243 e. The summed E-state index contributed by atoms with van der Waals surface area (Å²) in [6, 6.07) is 17.2. The van der Waals surface area contributed by atoms with Gasteiger partial charge in [-0.1, -0.05) is 40.2 Å². The Labute approximate surface area is 166 Å². The van der Waals surface area contributed by atoms with E-state index >= 15 is 0 Å². The lowest BCUT2D eigenvalue weighted by molar-refractivity contribution is 0.385. The molecular weight excluding hydrogens is 431 g/mol.